The summed E-state index contributed by atoms with van der Waals surface area (Å²) in [5, 5.41) is 0. The topological polar surface area (TPSA) is 88.4 Å². The molecule has 0 N–H and O–H groups in total. The van der Waals surface area contributed by atoms with Crippen LogP contribution in [0.3, 0.4) is 0 Å². The van der Waals surface area contributed by atoms with Crippen LogP contribution in [0, 0.1) is 0 Å². The number of benzene rings is 2. The van der Waals surface area contributed by atoms with Gasteiger partial charge in [-0.2, -0.15) is 0 Å². The van der Waals surface area contributed by atoms with Crippen LogP contribution in [0.1, 0.15) is 24.1 Å². The van der Waals surface area contributed by atoms with Gasteiger partial charge in [0.1, 0.15) is 19.0 Å². The van der Waals surface area contributed by atoms with E-state index < -0.39 is 12.0 Å². The van der Waals surface area contributed by atoms with Crippen molar-refractivity contribution in [1.29, 1.82) is 0 Å². The molecule has 1 aromatic heterocycles. The smallest absolute Gasteiger partial charge is 0.338 e. The standard InChI is InChI=1S/C29H28N2O6S/c1-6-14-36-22-13-8-19(16-23(22)35-5)17-24-27(32)31-26(20-9-11-21(34-4)12-10-20)25(28(33)37-15-7-2)18(3)30-29(31)38-24/h6-13,16-17,26H,1-2,14-15H2,3-5H3/b24-17-/t26-/m1/s1. The van der Waals surface area contributed by atoms with Crippen LogP contribution in [0.25, 0.3) is 6.08 Å². The first kappa shape index (κ1) is 26.7. The molecule has 196 valence electrons. The second-order valence-corrected chi connectivity index (χ2v) is 9.26. The highest BCUT2D eigenvalue weighted by Crippen LogP contribution is 2.32. The molecule has 8 nitrogen and oxygen atoms in total. The van der Waals surface area contributed by atoms with Gasteiger partial charge >= 0.3 is 5.97 Å². The van der Waals surface area contributed by atoms with Crippen LogP contribution in [0.15, 0.2) is 88.8 Å². The van der Waals surface area contributed by atoms with Gasteiger partial charge in [-0.15, -0.1) is 0 Å². The van der Waals surface area contributed by atoms with E-state index in [1.165, 1.54) is 22.0 Å². The Morgan fingerprint density at radius 3 is 2.45 bits per heavy atom. The van der Waals surface area contributed by atoms with Crippen molar-refractivity contribution in [1.82, 2.24) is 4.57 Å². The first-order chi connectivity index (χ1) is 18.4. The summed E-state index contributed by atoms with van der Waals surface area (Å²) < 4.78 is 23.7. The number of ether oxygens (including phenoxy) is 4. The minimum atomic E-state index is -0.721. The van der Waals surface area contributed by atoms with Gasteiger partial charge in [-0.25, -0.2) is 9.79 Å². The summed E-state index contributed by atoms with van der Waals surface area (Å²) in [6.45, 7) is 9.40. The van der Waals surface area contributed by atoms with Crippen LogP contribution in [0.4, 0.5) is 0 Å². The van der Waals surface area contributed by atoms with Gasteiger partial charge in [0.15, 0.2) is 16.3 Å². The molecule has 9 heteroatoms. The fourth-order valence-electron chi connectivity index (χ4n) is 4.09. The van der Waals surface area contributed by atoms with Crippen LogP contribution in [0.2, 0.25) is 0 Å². The number of rotatable bonds is 10. The average molecular weight is 533 g/mol. The lowest BCUT2D eigenvalue weighted by atomic mass is 9.96. The van der Waals surface area contributed by atoms with Gasteiger partial charge < -0.3 is 18.9 Å². The quantitative estimate of drug-likeness (QED) is 0.293. The Balaban J connectivity index is 1.86. The van der Waals surface area contributed by atoms with Gasteiger partial charge in [0, 0.05) is 0 Å². The number of fused-ring (bicyclic) bond motifs is 1. The van der Waals surface area contributed by atoms with E-state index >= 15 is 0 Å². The maximum atomic E-state index is 13.8. The number of esters is 1. The maximum absolute atomic E-state index is 13.8. The number of aromatic nitrogens is 1. The zero-order valence-corrected chi connectivity index (χ0v) is 22.2. The highest BCUT2D eigenvalue weighted by Gasteiger charge is 2.33. The molecular formula is C29H28N2O6S. The molecule has 3 aromatic rings. The second-order valence-electron chi connectivity index (χ2n) is 8.25. The van der Waals surface area contributed by atoms with Crippen molar-refractivity contribution in [2.45, 2.75) is 13.0 Å². The van der Waals surface area contributed by atoms with E-state index in [9.17, 15) is 9.59 Å². The number of methoxy groups -OCH3 is 2. The molecule has 1 aliphatic heterocycles. The molecule has 0 fully saturated rings. The number of thiazole rings is 1. The lowest BCUT2D eigenvalue weighted by Crippen LogP contribution is -2.39. The Morgan fingerprint density at radius 1 is 1.05 bits per heavy atom. The van der Waals surface area contributed by atoms with Crippen LogP contribution in [-0.2, 0) is 9.53 Å². The monoisotopic (exact) mass is 532 g/mol. The van der Waals surface area contributed by atoms with Gasteiger partial charge in [-0.3, -0.25) is 9.36 Å². The van der Waals surface area contributed by atoms with Crippen molar-refractivity contribution < 1.29 is 23.7 Å². The predicted molar refractivity (Wildman–Crippen MR) is 147 cm³/mol. The van der Waals surface area contributed by atoms with E-state index in [-0.39, 0.29) is 12.2 Å². The zero-order chi connectivity index (χ0) is 27.2. The molecule has 0 unspecified atom stereocenters. The molecule has 0 radical (unpaired) electrons. The van der Waals surface area contributed by atoms with E-state index in [1.54, 1.807) is 57.6 Å². The van der Waals surface area contributed by atoms with Crippen molar-refractivity contribution >= 4 is 23.4 Å². The number of allylic oxidation sites excluding steroid dienone is 1. The molecule has 0 aliphatic carbocycles. The van der Waals surface area contributed by atoms with E-state index in [2.05, 4.69) is 18.2 Å². The highest BCUT2D eigenvalue weighted by atomic mass is 32.1. The normalized spacial score (nSPS) is 14.8. The second kappa shape index (κ2) is 11.8. The summed E-state index contributed by atoms with van der Waals surface area (Å²) >= 11 is 1.25. The van der Waals surface area contributed by atoms with Crippen molar-refractivity contribution in [2.75, 3.05) is 27.4 Å². The number of nitrogens with zero attached hydrogens (tertiary/aromatic N) is 2. The van der Waals surface area contributed by atoms with Gasteiger partial charge in [0.25, 0.3) is 5.56 Å². The first-order valence-electron chi connectivity index (χ1n) is 11.8. The van der Waals surface area contributed by atoms with Crippen LogP contribution >= 0.6 is 11.3 Å². The van der Waals surface area contributed by atoms with E-state index in [0.717, 1.165) is 11.1 Å². The summed E-state index contributed by atoms with van der Waals surface area (Å²) in [6.07, 6.45) is 4.91. The molecule has 0 spiro atoms. The number of hydrogen-bond acceptors (Lipinski definition) is 8. The van der Waals surface area contributed by atoms with Crippen LogP contribution < -0.4 is 29.1 Å². The van der Waals surface area contributed by atoms with Crippen LogP contribution in [-0.4, -0.2) is 38.0 Å². The van der Waals surface area contributed by atoms with E-state index in [0.29, 0.717) is 44.5 Å². The summed E-state index contributed by atoms with van der Waals surface area (Å²) in [5.74, 6) is 1.21. The molecule has 0 amide bonds. The Bertz CT molecular complexity index is 1580. The molecule has 0 saturated heterocycles. The third-order valence-electron chi connectivity index (χ3n) is 5.85. The maximum Gasteiger partial charge on any atom is 0.338 e. The fraction of sp³-hybridized carbons (Fsp3) is 0.207. The van der Waals surface area contributed by atoms with Gasteiger partial charge in [-0.1, -0.05) is 54.8 Å². The number of carbonyl (C=O) groups excluding carboxylic acids is 1. The first-order valence-corrected chi connectivity index (χ1v) is 12.6. The average Bonchev–Trinajstić information content (AvgIpc) is 3.24. The molecule has 1 aliphatic rings. The molecule has 0 bridgehead atoms. The summed E-state index contributed by atoms with van der Waals surface area (Å²) in [7, 11) is 3.13. The third kappa shape index (κ3) is 5.33. The SMILES string of the molecule is C=CCOC(=O)C1=C(C)N=c2s/c(=C\c3ccc(OCC=C)c(OC)c3)c(=O)n2[C@@H]1c1ccc(OC)cc1. The Hall–Kier alpha value is -4.37. The Labute approximate surface area is 224 Å². The number of hydrogen-bond donors (Lipinski definition) is 0. The van der Waals surface area contributed by atoms with E-state index in [4.69, 9.17) is 18.9 Å². The molecule has 0 saturated carbocycles. The summed E-state index contributed by atoms with van der Waals surface area (Å²) in [6, 6.07) is 11.9. The molecule has 2 aromatic carbocycles. The minimum absolute atomic E-state index is 0.0453. The van der Waals surface area contributed by atoms with Gasteiger partial charge in [-0.05, 0) is 48.4 Å². The van der Waals surface area contributed by atoms with Gasteiger partial charge in [0.2, 0.25) is 0 Å². The zero-order valence-electron chi connectivity index (χ0n) is 21.4. The highest BCUT2D eigenvalue weighted by molar-refractivity contribution is 7.07. The lowest BCUT2D eigenvalue weighted by Gasteiger charge is -2.24. The minimum Gasteiger partial charge on any atom is -0.497 e. The van der Waals surface area contributed by atoms with Crippen molar-refractivity contribution in [3.8, 4) is 17.2 Å². The van der Waals surface area contributed by atoms with Gasteiger partial charge in [0.05, 0.1) is 36.1 Å². The Morgan fingerprint density at radius 2 is 1.79 bits per heavy atom. The van der Waals surface area contributed by atoms with E-state index in [1.807, 2.05) is 18.2 Å². The third-order valence-corrected chi connectivity index (χ3v) is 6.83. The largest absolute Gasteiger partial charge is 0.497 e. The molecular weight excluding hydrogens is 504 g/mol. The molecule has 1 atom stereocenters. The van der Waals surface area contributed by atoms with Crippen molar-refractivity contribution in [3.63, 3.8) is 0 Å². The molecule has 38 heavy (non-hydrogen) atoms. The Kier molecular flexibility index (Phi) is 8.28. The van der Waals surface area contributed by atoms with Crippen LogP contribution in [0.5, 0.6) is 17.2 Å². The summed E-state index contributed by atoms with van der Waals surface area (Å²) in [4.78, 5) is 32.0. The summed E-state index contributed by atoms with van der Waals surface area (Å²) in [5.41, 5.74) is 1.98. The lowest BCUT2D eigenvalue weighted by molar-refractivity contribution is -0.138. The molecule has 2 heterocycles. The number of carbonyl (C=O) groups is 1. The van der Waals surface area contributed by atoms with Crippen molar-refractivity contribution in [3.05, 3.63) is 110 Å². The van der Waals surface area contributed by atoms with Crippen molar-refractivity contribution in [2.24, 2.45) is 4.99 Å². The molecule has 4 rings (SSSR count). The predicted octanol–water partition coefficient (Wildman–Crippen LogP) is 3.55. The fourth-order valence-corrected chi connectivity index (χ4v) is 5.14.